The van der Waals surface area contributed by atoms with Crippen LogP contribution in [-0.2, 0) is 4.79 Å². The molecule has 0 unspecified atom stereocenters. The standard InChI is InChI=1S/C32H26N4O3/c1-23-28(21-13-6-14-22-34(24(2)37)25-15-7-3-8-16-25)31(38)35(26-17-9-4-10-18-26)30-29(23)32(39)36(33-30)27-19-11-5-12-20-27/h3-5,7-21H,22H2,1-2H3. The Morgan fingerprint density at radius 1 is 0.897 bits per heavy atom. The van der Waals surface area contributed by atoms with E-state index >= 15 is 0 Å². The van der Waals surface area contributed by atoms with Crippen LogP contribution in [0.2, 0.25) is 0 Å². The van der Waals surface area contributed by atoms with Gasteiger partial charge in [0.2, 0.25) is 5.91 Å². The number of anilines is 2. The third-order valence-electron chi connectivity index (χ3n) is 6.45. The molecule has 0 N–H and O–H groups in total. The second-order valence-electron chi connectivity index (χ2n) is 8.94. The molecular weight excluding hydrogens is 488 g/mol. The van der Waals surface area contributed by atoms with Crippen molar-refractivity contribution in [1.82, 2.24) is 4.57 Å². The molecule has 7 nitrogen and oxygen atoms in total. The summed E-state index contributed by atoms with van der Waals surface area (Å²) in [6.07, 6.45) is 4.99. The van der Waals surface area contributed by atoms with Crippen molar-refractivity contribution in [2.75, 3.05) is 16.5 Å². The van der Waals surface area contributed by atoms with Crippen LogP contribution in [0.15, 0.2) is 119 Å². The molecule has 7 heteroatoms. The Morgan fingerprint density at radius 2 is 1.49 bits per heavy atom. The molecule has 1 aromatic heterocycles. The summed E-state index contributed by atoms with van der Waals surface area (Å²) in [6, 6.07) is 27.6. The summed E-state index contributed by atoms with van der Waals surface area (Å²) >= 11 is 0. The third kappa shape index (κ3) is 4.99. The molecule has 0 saturated carbocycles. The number of nitrogens with zero attached hydrogens (tertiary/aromatic N) is 4. The minimum Gasteiger partial charge on any atom is -0.308 e. The lowest BCUT2D eigenvalue weighted by molar-refractivity contribution is -0.116. The highest BCUT2D eigenvalue weighted by atomic mass is 16.2. The van der Waals surface area contributed by atoms with Crippen LogP contribution in [0.1, 0.15) is 22.8 Å². The van der Waals surface area contributed by atoms with E-state index in [4.69, 9.17) is 0 Å². The monoisotopic (exact) mass is 514 g/mol. The molecular formula is C32H26N4O3. The van der Waals surface area contributed by atoms with Gasteiger partial charge in [0.1, 0.15) is 0 Å². The van der Waals surface area contributed by atoms with Gasteiger partial charge in [-0.05, 0) is 67.1 Å². The van der Waals surface area contributed by atoms with Crippen molar-refractivity contribution in [3.05, 3.63) is 141 Å². The van der Waals surface area contributed by atoms with Gasteiger partial charge in [-0.1, -0.05) is 54.6 Å². The number of para-hydroxylation sites is 3. The average Bonchev–Trinajstić information content (AvgIpc) is 3.30. The fraction of sp³-hybridized carbons (Fsp3) is 0.0938. The lowest BCUT2D eigenvalue weighted by Crippen LogP contribution is -2.45. The lowest BCUT2D eigenvalue weighted by Gasteiger charge is -2.18. The summed E-state index contributed by atoms with van der Waals surface area (Å²) in [5, 5.41) is 6.27. The maximum Gasteiger partial charge on any atom is 0.282 e. The second-order valence-corrected chi connectivity index (χ2v) is 8.94. The molecule has 192 valence electrons. The smallest absolute Gasteiger partial charge is 0.282 e. The highest BCUT2D eigenvalue weighted by molar-refractivity contribution is 6.08. The Morgan fingerprint density at radius 3 is 2.10 bits per heavy atom. The summed E-state index contributed by atoms with van der Waals surface area (Å²) in [7, 11) is 0. The van der Waals surface area contributed by atoms with Gasteiger partial charge in [0.15, 0.2) is 5.49 Å². The first-order valence-corrected chi connectivity index (χ1v) is 12.5. The number of pyridine rings is 1. The van der Waals surface area contributed by atoms with Crippen LogP contribution in [0.3, 0.4) is 0 Å². The Labute approximate surface area is 225 Å². The molecule has 0 saturated heterocycles. The predicted octanol–water partition coefficient (Wildman–Crippen LogP) is 3.89. The molecule has 3 aromatic carbocycles. The van der Waals surface area contributed by atoms with Gasteiger partial charge in [-0.2, -0.15) is 5.01 Å². The molecule has 0 atom stereocenters. The van der Waals surface area contributed by atoms with E-state index in [1.54, 1.807) is 42.2 Å². The number of hydrogen-bond donors (Lipinski definition) is 0. The Bertz CT molecular complexity index is 1790. The van der Waals surface area contributed by atoms with Gasteiger partial charge >= 0.3 is 0 Å². The molecule has 0 spiro atoms. The molecule has 2 heterocycles. The van der Waals surface area contributed by atoms with E-state index in [1.165, 1.54) is 16.5 Å². The van der Waals surface area contributed by atoms with E-state index in [1.807, 2.05) is 78.9 Å². The largest absolute Gasteiger partial charge is 0.308 e. The van der Waals surface area contributed by atoms with Crippen LogP contribution in [0, 0.1) is 6.92 Å². The molecule has 0 aliphatic carbocycles. The summed E-state index contributed by atoms with van der Waals surface area (Å²) in [5.74, 6) is -0.388. The lowest BCUT2D eigenvalue weighted by atomic mass is 10.1. The summed E-state index contributed by atoms with van der Waals surface area (Å²) in [5.41, 5.74) is 5.99. The minimum atomic E-state index is -0.299. The van der Waals surface area contributed by atoms with E-state index < -0.39 is 0 Å². The quantitative estimate of drug-likeness (QED) is 0.367. The topological polar surface area (TPSA) is 75.0 Å². The summed E-state index contributed by atoms with van der Waals surface area (Å²) in [4.78, 5) is 41.1. The molecule has 0 fully saturated rings. The van der Waals surface area contributed by atoms with Crippen molar-refractivity contribution in [2.24, 2.45) is 5.10 Å². The Hall–Kier alpha value is -5.26. The number of amides is 2. The van der Waals surface area contributed by atoms with Crippen molar-refractivity contribution < 1.29 is 9.59 Å². The van der Waals surface area contributed by atoms with E-state index in [2.05, 4.69) is 10.8 Å². The number of benzene rings is 3. The molecule has 1 aliphatic rings. The van der Waals surface area contributed by atoms with Crippen LogP contribution >= 0.6 is 0 Å². The van der Waals surface area contributed by atoms with E-state index in [9.17, 15) is 14.4 Å². The Kier molecular flexibility index (Phi) is 7.17. The van der Waals surface area contributed by atoms with E-state index in [0.717, 1.165) is 5.69 Å². The zero-order valence-corrected chi connectivity index (χ0v) is 21.6. The van der Waals surface area contributed by atoms with Crippen LogP contribution < -0.4 is 26.2 Å². The van der Waals surface area contributed by atoms with E-state index in [0.29, 0.717) is 39.8 Å². The number of hydrogen-bond acceptors (Lipinski definition) is 4. The second kappa shape index (κ2) is 11.0. The van der Waals surface area contributed by atoms with Crippen molar-refractivity contribution in [3.8, 4) is 5.69 Å². The minimum absolute atomic E-state index is 0.0892. The number of carbonyl (C=O) groups excluding carboxylic acids is 2. The molecule has 4 aromatic rings. The third-order valence-corrected chi connectivity index (χ3v) is 6.45. The first-order valence-electron chi connectivity index (χ1n) is 12.5. The van der Waals surface area contributed by atoms with Crippen molar-refractivity contribution >= 4 is 29.3 Å². The molecule has 0 bridgehead atoms. The number of aromatic nitrogens is 1. The van der Waals surface area contributed by atoms with Gasteiger partial charge < -0.3 is 4.90 Å². The molecule has 0 radical (unpaired) electrons. The van der Waals surface area contributed by atoms with Gasteiger partial charge in [-0.3, -0.25) is 19.0 Å². The van der Waals surface area contributed by atoms with Crippen LogP contribution in [0.5, 0.6) is 0 Å². The van der Waals surface area contributed by atoms with Crippen LogP contribution in [-0.4, -0.2) is 22.9 Å². The maximum atomic E-state index is 13.8. The van der Waals surface area contributed by atoms with Gasteiger partial charge in [0, 0.05) is 17.8 Å². The van der Waals surface area contributed by atoms with Crippen molar-refractivity contribution in [2.45, 2.75) is 13.8 Å². The fourth-order valence-electron chi connectivity index (χ4n) is 4.51. The van der Waals surface area contributed by atoms with Crippen LogP contribution in [0.4, 0.5) is 11.4 Å². The predicted molar refractivity (Wildman–Crippen MR) is 152 cm³/mol. The number of fused-ring (bicyclic) bond motifs is 1. The number of rotatable bonds is 6. The highest BCUT2D eigenvalue weighted by Gasteiger charge is 2.30. The maximum absolute atomic E-state index is 13.8. The molecule has 5 rings (SSSR count). The first kappa shape index (κ1) is 25.4. The SMILES string of the molecule is CC(=O)N(CC=C=CC=c1c(C)c2c(n(-c3ccccc3)c1=O)=NN(c1ccccc1)C2=O)c1ccccc1. The van der Waals surface area contributed by atoms with Crippen LogP contribution in [0.25, 0.3) is 11.8 Å². The zero-order chi connectivity index (χ0) is 27.4. The van der Waals surface area contributed by atoms with Crippen molar-refractivity contribution in [1.29, 1.82) is 0 Å². The first-order chi connectivity index (χ1) is 19.0. The normalized spacial score (nSPS) is 12.4. The van der Waals surface area contributed by atoms with Gasteiger partial charge in [-0.25, -0.2) is 0 Å². The summed E-state index contributed by atoms with van der Waals surface area (Å²) in [6.45, 7) is 3.59. The zero-order valence-electron chi connectivity index (χ0n) is 21.6. The average molecular weight is 515 g/mol. The van der Waals surface area contributed by atoms with Crippen molar-refractivity contribution in [3.63, 3.8) is 0 Å². The van der Waals surface area contributed by atoms with E-state index in [-0.39, 0.29) is 17.4 Å². The summed E-state index contributed by atoms with van der Waals surface area (Å²) < 4.78 is 1.47. The molecule has 1 aliphatic heterocycles. The molecule has 39 heavy (non-hydrogen) atoms. The van der Waals surface area contributed by atoms with Gasteiger partial charge in [-0.15, -0.1) is 10.8 Å². The van der Waals surface area contributed by atoms with Gasteiger partial charge in [0.05, 0.1) is 23.5 Å². The fourth-order valence-corrected chi connectivity index (χ4v) is 4.51. The molecule has 2 amide bonds. The highest BCUT2D eigenvalue weighted by Crippen LogP contribution is 2.20. The van der Waals surface area contributed by atoms with Gasteiger partial charge in [0.25, 0.3) is 11.5 Å². The number of carbonyl (C=O) groups is 2. The Balaban J connectivity index is 1.60.